The van der Waals surface area contributed by atoms with Gasteiger partial charge in [-0.05, 0) is 25.1 Å². The van der Waals surface area contributed by atoms with Gasteiger partial charge in [0.25, 0.3) is 0 Å². The molecular weight excluding hydrogens is 367 g/mol. The van der Waals surface area contributed by atoms with Gasteiger partial charge in [0.15, 0.2) is 0 Å². The Morgan fingerprint density at radius 3 is 2.48 bits per heavy atom. The monoisotopic (exact) mass is 382 g/mol. The Morgan fingerprint density at radius 1 is 1.35 bits per heavy atom. The summed E-state index contributed by atoms with van der Waals surface area (Å²) >= 11 is 11.7. The summed E-state index contributed by atoms with van der Waals surface area (Å²) in [6.07, 6.45) is 0. The number of carbonyl (C=O) groups is 2. The molecule has 0 aliphatic carbocycles. The van der Waals surface area contributed by atoms with Crippen LogP contribution in [0.2, 0.25) is 10.0 Å². The van der Waals surface area contributed by atoms with Gasteiger partial charge in [-0.1, -0.05) is 23.2 Å². The second-order valence-electron chi connectivity index (χ2n) is 4.69. The van der Waals surface area contributed by atoms with E-state index in [4.69, 9.17) is 28.3 Å². The number of nitrogens with one attached hydrogen (secondary N) is 1. The third-order valence-corrected chi connectivity index (χ3v) is 5.66. The predicted molar refractivity (Wildman–Crippen MR) is 86.1 cm³/mol. The average molecular weight is 383 g/mol. The standard InChI is InChI=1S/C13H16Cl2N2O5S/c1-8(13(19)20)17(6-5-16-9(2)18)23(21,22)12-7-10(14)3-4-11(12)15/h3-4,7-8H,5-6H2,1-2H3,(H,16,18)(H,19,20). The van der Waals surface area contributed by atoms with Crippen LogP contribution in [0.1, 0.15) is 13.8 Å². The molecule has 0 radical (unpaired) electrons. The van der Waals surface area contributed by atoms with E-state index in [1.54, 1.807) is 0 Å². The van der Waals surface area contributed by atoms with Gasteiger partial charge in [-0.2, -0.15) is 4.31 Å². The minimum atomic E-state index is -4.21. The highest BCUT2D eigenvalue weighted by Crippen LogP contribution is 2.28. The summed E-state index contributed by atoms with van der Waals surface area (Å²) in [5.74, 6) is -1.68. The molecule has 0 aliphatic rings. The van der Waals surface area contributed by atoms with Crippen LogP contribution in [0.5, 0.6) is 0 Å². The van der Waals surface area contributed by atoms with Crippen molar-refractivity contribution < 1.29 is 23.1 Å². The zero-order valence-corrected chi connectivity index (χ0v) is 14.7. The lowest BCUT2D eigenvalue weighted by Crippen LogP contribution is -2.46. The summed E-state index contributed by atoms with van der Waals surface area (Å²) < 4.78 is 26.2. The van der Waals surface area contributed by atoms with Crippen molar-refractivity contribution in [2.45, 2.75) is 24.8 Å². The van der Waals surface area contributed by atoms with Crippen LogP contribution in [0.15, 0.2) is 23.1 Å². The second-order valence-corrected chi connectivity index (χ2v) is 7.39. The molecule has 0 aliphatic heterocycles. The maximum Gasteiger partial charge on any atom is 0.321 e. The normalized spacial score (nSPS) is 12.9. The average Bonchev–Trinajstić information content (AvgIpc) is 2.44. The zero-order chi connectivity index (χ0) is 17.8. The van der Waals surface area contributed by atoms with Crippen LogP contribution in [0.4, 0.5) is 0 Å². The highest BCUT2D eigenvalue weighted by molar-refractivity contribution is 7.89. The minimum absolute atomic E-state index is 0.0373. The van der Waals surface area contributed by atoms with Crippen LogP contribution in [0, 0.1) is 0 Å². The second kappa shape index (κ2) is 7.96. The van der Waals surface area contributed by atoms with Crippen molar-refractivity contribution in [1.82, 2.24) is 9.62 Å². The Hall–Kier alpha value is -1.35. The summed E-state index contributed by atoms with van der Waals surface area (Å²) in [5.41, 5.74) is 0. The Kier molecular flexibility index (Phi) is 6.82. The number of rotatable bonds is 7. The van der Waals surface area contributed by atoms with Crippen LogP contribution >= 0.6 is 23.2 Å². The lowest BCUT2D eigenvalue weighted by molar-refractivity contribution is -0.140. The number of amides is 1. The molecule has 1 atom stereocenters. The summed E-state index contributed by atoms with van der Waals surface area (Å²) in [5, 5.41) is 11.6. The van der Waals surface area contributed by atoms with Crippen LogP contribution in [-0.4, -0.2) is 48.8 Å². The van der Waals surface area contributed by atoms with E-state index >= 15 is 0 Å². The number of nitrogens with zero attached hydrogens (tertiary/aromatic N) is 1. The van der Waals surface area contributed by atoms with Gasteiger partial charge >= 0.3 is 5.97 Å². The Labute approximate surface area is 144 Å². The highest BCUT2D eigenvalue weighted by Gasteiger charge is 2.34. The number of aliphatic carboxylic acids is 1. The van der Waals surface area contributed by atoms with E-state index < -0.39 is 22.0 Å². The van der Waals surface area contributed by atoms with E-state index in [1.807, 2.05) is 0 Å². The molecule has 2 N–H and O–H groups in total. The fraction of sp³-hybridized carbons (Fsp3) is 0.385. The largest absolute Gasteiger partial charge is 0.480 e. The quantitative estimate of drug-likeness (QED) is 0.744. The molecule has 1 aromatic carbocycles. The molecule has 1 aromatic rings. The first-order valence-electron chi connectivity index (χ1n) is 6.51. The van der Waals surface area contributed by atoms with Crippen LogP contribution in [-0.2, 0) is 19.6 Å². The van der Waals surface area contributed by atoms with Crippen LogP contribution in [0.3, 0.4) is 0 Å². The van der Waals surface area contributed by atoms with Gasteiger partial charge in [0.1, 0.15) is 10.9 Å². The third kappa shape index (κ3) is 5.07. The van der Waals surface area contributed by atoms with E-state index in [1.165, 1.54) is 26.0 Å². The van der Waals surface area contributed by atoms with Crippen molar-refractivity contribution in [2.24, 2.45) is 0 Å². The molecule has 0 saturated heterocycles. The summed E-state index contributed by atoms with van der Waals surface area (Å²) in [7, 11) is -4.21. The molecule has 0 heterocycles. The van der Waals surface area contributed by atoms with Crippen LogP contribution in [0.25, 0.3) is 0 Å². The number of carboxylic acids is 1. The topological polar surface area (TPSA) is 104 Å². The number of carboxylic acid groups (broad SMARTS) is 1. The lowest BCUT2D eigenvalue weighted by Gasteiger charge is -2.26. The first kappa shape index (κ1) is 19.7. The SMILES string of the molecule is CC(=O)NCCN(C(C)C(=O)O)S(=O)(=O)c1cc(Cl)ccc1Cl. The van der Waals surface area contributed by atoms with Crippen molar-refractivity contribution in [3.8, 4) is 0 Å². The lowest BCUT2D eigenvalue weighted by atomic mass is 10.3. The first-order valence-corrected chi connectivity index (χ1v) is 8.71. The molecule has 128 valence electrons. The van der Waals surface area contributed by atoms with Crippen molar-refractivity contribution in [2.75, 3.05) is 13.1 Å². The number of hydrogen-bond acceptors (Lipinski definition) is 4. The molecule has 1 unspecified atom stereocenters. The van der Waals surface area contributed by atoms with Crippen molar-refractivity contribution >= 4 is 45.1 Å². The molecule has 0 fully saturated rings. The fourth-order valence-electron chi connectivity index (χ4n) is 1.79. The van der Waals surface area contributed by atoms with E-state index in [0.29, 0.717) is 0 Å². The summed E-state index contributed by atoms with van der Waals surface area (Å²) in [4.78, 5) is 21.8. The predicted octanol–water partition coefficient (Wildman–Crippen LogP) is 1.59. The van der Waals surface area contributed by atoms with Crippen LogP contribution < -0.4 is 5.32 Å². The maximum atomic E-state index is 12.7. The molecule has 0 spiro atoms. The highest BCUT2D eigenvalue weighted by atomic mass is 35.5. The van der Waals surface area contributed by atoms with Gasteiger partial charge in [0.2, 0.25) is 15.9 Å². The molecule has 23 heavy (non-hydrogen) atoms. The fourth-order valence-corrected chi connectivity index (χ4v) is 4.12. The third-order valence-electron chi connectivity index (χ3n) is 2.98. The Morgan fingerprint density at radius 2 is 1.96 bits per heavy atom. The van der Waals surface area contributed by atoms with Crippen molar-refractivity contribution in [3.05, 3.63) is 28.2 Å². The summed E-state index contributed by atoms with van der Waals surface area (Å²) in [6, 6.07) is 2.54. The van der Waals surface area contributed by atoms with E-state index in [9.17, 15) is 18.0 Å². The number of halogens is 2. The van der Waals surface area contributed by atoms with Crippen molar-refractivity contribution in [3.63, 3.8) is 0 Å². The first-order chi connectivity index (χ1) is 10.6. The van der Waals surface area contributed by atoms with E-state index in [0.717, 1.165) is 10.4 Å². The molecule has 1 rings (SSSR count). The maximum absolute atomic E-state index is 12.7. The van der Waals surface area contributed by atoms with Crippen molar-refractivity contribution in [1.29, 1.82) is 0 Å². The minimum Gasteiger partial charge on any atom is -0.480 e. The Bertz CT molecular complexity index is 708. The molecular formula is C13H16Cl2N2O5S. The molecule has 0 saturated carbocycles. The van der Waals surface area contributed by atoms with Gasteiger partial charge < -0.3 is 10.4 Å². The Balaban J connectivity index is 3.24. The van der Waals surface area contributed by atoms with E-state index in [-0.39, 0.29) is 33.9 Å². The number of hydrogen-bond donors (Lipinski definition) is 2. The van der Waals surface area contributed by atoms with Gasteiger partial charge in [-0.25, -0.2) is 8.42 Å². The molecule has 0 bridgehead atoms. The molecule has 10 heteroatoms. The molecule has 7 nitrogen and oxygen atoms in total. The molecule has 0 aromatic heterocycles. The number of sulfonamides is 1. The number of carbonyl (C=O) groups excluding carboxylic acids is 1. The zero-order valence-electron chi connectivity index (χ0n) is 12.4. The van der Waals surface area contributed by atoms with E-state index in [2.05, 4.69) is 5.32 Å². The van der Waals surface area contributed by atoms with Gasteiger partial charge in [0, 0.05) is 25.0 Å². The molecule has 1 amide bonds. The van der Waals surface area contributed by atoms with Gasteiger partial charge in [-0.3, -0.25) is 9.59 Å². The number of benzene rings is 1. The van der Waals surface area contributed by atoms with Gasteiger partial charge in [-0.15, -0.1) is 0 Å². The summed E-state index contributed by atoms with van der Waals surface area (Å²) in [6.45, 7) is 2.24. The van der Waals surface area contributed by atoms with Gasteiger partial charge in [0.05, 0.1) is 5.02 Å². The smallest absolute Gasteiger partial charge is 0.321 e.